The Morgan fingerprint density at radius 1 is 1.45 bits per heavy atom. The number of hydrogen-bond acceptors (Lipinski definition) is 5. The number of rotatable bonds is 3. The molecule has 0 aliphatic carbocycles. The number of nitrogens with zero attached hydrogens (tertiary/aromatic N) is 3. The van der Waals surface area contributed by atoms with Crippen LogP contribution in [0.1, 0.15) is 35.1 Å². The van der Waals surface area contributed by atoms with E-state index in [4.69, 9.17) is 0 Å². The molecule has 0 aromatic carbocycles. The molecular weight excluding hydrogens is 303 g/mol. The molecule has 0 bridgehead atoms. The molecule has 22 heavy (non-hydrogen) atoms. The molecule has 1 N–H and O–H groups in total. The molecule has 9 heteroatoms. The van der Waals surface area contributed by atoms with Crippen LogP contribution in [-0.2, 0) is 7.05 Å². The van der Waals surface area contributed by atoms with Crippen LogP contribution in [0, 0.1) is 0 Å². The first-order valence-corrected chi connectivity index (χ1v) is 6.77. The number of halogens is 3. The third-order valence-corrected chi connectivity index (χ3v) is 3.71. The van der Waals surface area contributed by atoms with Gasteiger partial charge in [-0.05, 0) is 19.4 Å². The van der Waals surface area contributed by atoms with Gasteiger partial charge in [-0.25, -0.2) is 4.98 Å². The first kappa shape index (κ1) is 16.5. The summed E-state index contributed by atoms with van der Waals surface area (Å²) >= 11 is 0. The number of aromatic nitrogens is 2. The van der Waals surface area contributed by atoms with Gasteiger partial charge in [0.2, 0.25) is 5.75 Å². The summed E-state index contributed by atoms with van der Waals surface area (Å²) in [4.78, 5) is 27.9. The summed E-state index contributed by atoms with van der Waals surface area (Å²) in [7, 11) is 1.38. The van der Waals surface area contributed by atoms with E-state index in [1.165, 1.54) is 11.9 Å². The first-order chi connectivity index (χ1) is 10.2. The van der Waals surface area contributed by atoms with Crippen LogP contribution in [0.2, 0.25) is 0 Å². The van der Waals surface area contributed by atoms with Crippen molar-refractivity contribution in [3.63, 3.8) is 0 Å². The molecule has 1 aliphatic rings. The third-order valence-electron chi connectivity index (χ3n) is 3.71. The van der Waals surface area contributed by atoms with Crippen LogP contribution in [0.4, 0.5) is 13.2 Å². The standard InChI is InChI=1S/C13H16F3N3O3/c1-18-11(17-9(6-20)10(21)12(18)22)8-3-2-4-19(5-8)7-13(14,15)16/h6,8,21H,2-5,7H2,1H3. The highest BCUT2D eigenvalue weighted by Crippen LogP contribution is 2.28. The van der Waals surface area contributed by atoms with Gasteiger partial charge in [0.1, 0.15) is 5.82 Å². The smallest absolute Gasteiger partial charge is 0.401 e. The second kappa shape index (κ2) is 6.07. The van der Waals surface area contributed by atoms with Crippen molar-refractivity contribution in [2.45, 2.75) is 24.9 Å². The Labute approximate surface area is 124 Å². The van der Waals surface area contributed by atoms with Gasteiger partial charge < -0.3 is 5.11 Å². The molecule has 122 valence electrons. The molecule has 0 saturated carbocycles. The fraction of sp³-hybridized carbons (Fsp3) is 0.615. The van der Waals surface area contributed by atoms with Gasteiger partial charge in [-0.1, -0.05) is 0 Å². The van der Waals surface area contributed by atoms with Gasteiger partial charge in [-0.2, -0.15) is 13.2 Å². The van der Waals surface area contributed by atoms with Crippen molar-refractivity contribution < 1.29 is 23.1 Å². The molecule has 1 atom stereocenters. The van der Waals surface area contributed by atoms with Gasteiger partial charge in [0.05, 0.1) is 6.54 Å². The number of hydrogen-bond donors (Lipinski definition) is 1. The van der Waals surface area contributed by atoms with E-state index in [0.29, 0.717) is 19.4 Å². The van der Waals surface area contributed by atoms with Gasteiger partial charge in [-0.3, -0.25) is 19.1 Å². The maximum Gasteiger partial charge on any atom is 0.401 e. The Bertz CT molecular complexity index is 627. The Hall–Kier alpha value is -1.90. The van der Waals surface area contributed by atoms with Gasteiger partial charge >= 0.3 is 6.18 Å². The lowest BCUT2D eigenvalue weighted by atomic mass is 9.96. The van der Waals surface area contributed by atoms with E-state index in [-0.39, 0.29) is 24.3 Å². The SMILES string of the molecule is Cn1c(C2CCCN(CC(F)(F)F)C2)nc(C=O)c(O)c1=O. The molecule has 2 rings (SSSR count). The minimum atomic E-state index is -4.29. The van der Waals surface area contributed by atoms with E-state index < -0.39 is 29.9 Å². The molecule has 1 saturated heterocycles. The summed E-state index contributed by atoms with van der Waals surface area (Å²) in [5, 5.41) is 9.52. The summed E-state index contributed by atoms with van der Waals surface area (Å²) in [5.74, 6) is -0.922. The fourth-order valence-electron chi connectivity index (χ4n) is 2.73. The van der Waals surface area contributed by atoms with E-state index >= 15 is 0 Å². The molecule has 2 heterocycles. The second-order valence-corrected chi connectivity index (χ2v) is 5.38. The molecule has 1 fully saturated rings. The molecule has 1 unspecified atom stereocenters. The van der Waals surface area contributed by atoms with E-state index in [1.54, 1.807) is 0 Å². The number of carbonyl (C=O) groups is 1. The fourth-order valence-corrected chi connectivity index (χ4v) is 2.73. The van der Waals surface area contributed by atoms with E-state index in [9.17, 15) is 27.9 Å². The lowest BCUT2D eigenvalue weighted by Crippen LogP contribution is -2.42. The van der Waals surface area contributed by atoms with E-state index in [2.05, 4.69) is 4.98 Å². The minimum absolute atomic E-state index is 0.100. The van der Waals surface area contributed by atoms with Crippen molar-refractivity contribution in [2.24, 2.45) is 7.05 Å². The average molecular weight is 319 g/mol. The van der Waals surface area contributed by atoms with Gasteiger partial charge in [0.15, 0.2) is 12.0 Å². The molecule has 0 amide bonds. The maximum absolute atomic E-state index is 12.5. The van der Waals surface area contributed by atoms with Crippen molar-refractivity contribution in [3.05, 3.63) is 21.9 Å². The van der Waals surface area contributed by atoms with Crippen LogP contribution in [0.15, 0.2) is 4.79 Å². The van der Waals surface area contributed by atoms with Crippen LogP contribution in [0.5, 0.6) is 5.75 Å². The first-order valence-electron chi connectivity index (χ1n) is 6.77. The van der Waals surface area contributed by atoms with E-state index in [1.807, 2.05) is 0 Å². The Morgan fingerprint density at radius 3 is 2.73 bits per heavy atom. The zero-order valence-electron chi connectivity index (χ0n) is 11.9. The predicted octanol–water partition coefficient (Wildman–Crippen LogP) is 1.04. The topological polar surface area (TPSA) is 75.4 Å². The zero-order valence-corrected chi connectivity index (χ0v) is 11.9. The monoisotopic (exact) mass is 319 g/mol. The van der Waals surface area contributed by atoms with Crippen LogP contribution in [0.25, 0.3) is 0 Å². The number of piperidine rings is 1. The molecular formula is C13H16F3N3O3. The lowest BCUT2D eigenvalue weighted by molar-refractivity contribution is -0.148. The number of aromatic hydroxyl groups is 1. The van der Waals surface area contributed by atoms with Crippen LogP contribution in [0.3, 0.4) is 0 Å². The van der Waals surface area contributed by atoms with Crippen molar-refractivity contribution in [1.82, 2.24) is 14.5 Å². The molecule has 6 nitrogen and oxygen atoms in total. The number of aldehydes is 1. The summed E-state index contributed by atoms with van der Waals surface area (Å²) in [6.45, 7) is -0.596. The summed E-state index contributed by atoms with van der Waals surface area (Å²) in [6, 6.07) is 0. The highest BCUT2D eigenvalue weighted by atomic mass is 19.4. The molecule has 0 radical (unpaired) electrons. The average Bonchev–Trinajstić information content (AvgIpc) is 2.44. The Balaban J connectivity index is 2.30. The normalized spacial score (nSPS) is 20.1. The maximum atomic E-state index is 12.5. The van der Waals surface area contributed by atoms with Crippen molar-refractivity contribution in [2.75, 3.05) is 19.6 Å². The highest BCUT2D eigenvalue weighted by molar-refractivity contribution is 5.75. The minimum Gasteiger partial charge on any atom is -0.501 e. The van der Waals surface area contributed by atoms with Crippen LogP contribution >= 0.6 is 0 Å². The predicted molar refractivity (Wildman–Crippen MR) is 71.0 cm³/mol. The quantitative estimate of drug-likeness (QED) is 0.843. The third kappa shape index (κ3) is 3.46. The van der Waals surface area contributed by atoms with E-state index in [0.717, 1.165) is 4.57 Å². The van der Waals surface area contributed by atoms with Crippen LogP contribution in [-0.4, -0.2) is 51.7 Å². The van der Waals surface area contributed by atoms with Crippen molar-refractivity contribution in [1.29, 1.82) is 0 Å². The van der Waals surface area contributed by atoms with Gasteiger partial charge in [0.25, 0.3) is 5.56 Å². The summed E-state index contributed by atoms with van der Waals surface area (Å²) < 4.78 is 38.6. The number of carbonyl (C=O) groups excluding carboxylic acids is 1. The Morgan fingerprint density at radius 2 is 2.14 bits per heavy atom. The van der Waals surface area contributed by atoms with Crippen molar-refractivity contribution >= 4 is 6.29 Å². The lowest BCUT2D eigenvalue weighted by Gasteiger charge is -2.33. The number of likely N-dealkylation sites (tertiary alicyclic amines) is 1. The highest BCUT2D eigenvalue weighted by Gasteiger charge is 2.34. The Kier molecular flexibility index (Phi) is 4.55. The van der Waals surface area contributed by atoms with Crippen molar-refractivity contribution in [3.8, 4) is 5.75 Å². The largest absolute Gasteiger partial charge is 0.501 e. The molecule has 1 aliphatic heterocycles. The molecule has 1 aromatic rings. The van der Waals surface area contributed by atoms with Gasteiger partial charge in [-0.15, -0.1) is 0 Å². The molecule has 1 aromatic heterocycles. The second-order valence-electron chi connectivity index (χ2n) is 5.38. The summed E-state index contributed by atoms with van der Waals surface area (Å²) in [5.41, 5.74) is -1.16. The molecule has 0 spiro atoms. The zero-order chi connectivity index (χ0) is 16.5. The number of alkyl halides is 3. The van der Waals surface area contributed by atoms with Gasteiger partial charge in [0, 0.05) is 19.5 Å². The van der Waals surface area contributed by atoms with Crippen LogP contribution < -0.4 is 5.56 Å². The summed E-state index contributed by atoms with van der Waals surface area (Å²) in [6.07, 6.45) is -2.92.